The number of amides is 2. The van der Waals surface area contributed by atoms with Gasteiger partial charge in [0.1, 0.15) is 5.82 Å². The first-order chi connectivity index (χ1) is 5.86. The average molecular weight is 165 g/mol. The molecule has 1 aliphatic rings. The summed E-state index contributed by atoms with van der Waals surface area (Å²) in [6.45, 7) is 0.515. The van der Waals surface area contributed by atoms with Crippen LogP contribution in [0.2, 0.25) is 0 Å². The van der Waals surface area contributed by atoms with Crippen LogP contribution in [0.4, 0.5) is 4.79 Å². The molecule has 0 aromatic carbocycles. The Kier molecular flexibility index (Phi) is 1.51. The molecule has 0 fully saturated rings. The smallest absolute Gasteiger partial charge is 0.320 e. The number of nitrogens with zero attached hydrogens (tertiary/aromatic N) is 3. The molecule has 2 amide bonds. The molecule has 12 heavy (non-hydrogen) atoms. The molecular formula is C6H7N5O. The summed E-state index contributed by atoms with van der Waals surface area (Å²) in [7, 11) is 0. The minimum atomic E-state index is -0.219. The Labute approximate surface area is 68.3 Å². The second kappa shape index (κ2) is 2.65. The summed E-state index contributed by atoms with van der Waals surface area (Å²) in [4.78, 5) is 10.8. The van der Waals surface area contributed by atoms with E-state index in [1.54, 1.807) is 12.4 Å². The summed E-state index contributed by atoms with van der Waals surface area (Å²) in [5.74, 6) is 0.635. The normalized spacial score (nSPS) is 16.3. The lowest BCUT2D eigenvalue weighted by Crippen LogP contribution is -2.40. The van der Waals surface area contributed by atoms with E-state index >= 15 is 0 Å². The van der Waals surface area contributed by atoms with Gasteiger partial charge in [0.2, 0.25) is 0 Å². The van der Waals surface area contributed by atoms with Gasteiger partial charge in [0, 0.05) is 6.54 Å². The van der Waals surface area contributed by atoms with Crippen LogP contribution in [0.15, 0.2) is 18.5 Å². The van der Waals surface area contributed by atoms with Crippen LogP contribution < -0.4 is 10.6 Å². The van der Waals surface area contributed by atoms with E-state index in [-0.39, 0.29) is 6.03 Å². The number of rotatable bonds is 1. The molecule has 0 saturated heterocycles. The van der Waals surface area contributed by atoms with Crippen LogP contribution in [0, 0.1) is 0 Å². The van der Waals surface area contributed by atoms with Crippen LogP contribution in [0.5, 0.6) is 0 Å². The molecule has 0 unspecified atom stereocenters. The lowest BCUT2D eigenvalue weighted by Gasteiger charge is -2.14. The van der Waals surface area contributed by atoms with Gasteiger partial charge in [-0.1, -0.05) is 5.21 Å². The minimum Gasteiger partial charge on any atom is -0.334 e. The Morgan fingerprint density at radius 1 is 1.58 bits per heavy atom. The van der Waals surface area contributed by atoms with Gasteiger partial charge in [-0.05, 0) is 6.08 Å². The fraction of sp³-hybridized carbons (Fsp3) is 0.167. The monoisotopic (exact) mass is 165 g/mol. The maximum Gasteiger partial charge on any atom is 0.320 e. The highest BCUT2D eigenvalue weighted by molar-refractivity contribution is 5.83. The third-order valence-electron chi connectivity index (χ3n) is 1.47. The number of aromatic nitrogens is 3. The van der Waals surface area contributed by atoms with Crippen molar-refractivity contribution in [1.29, 1.82) is 0 Å². The molecule has 2 heterocycles. The number of carbonyl (C=O) groups is 1. The van der Waals surface area contributed by atoms with Gasteiger partial charge in [0.05, 0.1) is 12.4 Å². The van der Waals surface area contributed by atoms with Gasteiger partial charge in [-0.25, -0.2) is 9.48 Å². The fourth-order valence-corrected chi connectivity index (χ4v) is 0.939. The molecule has 0 atom stereocenters. The van der Waals surface area contributed by atoms with Crippen molar-refractivity contribution in [2.24, 2.45) is 0 Å². The van der Waals surface area contributed by atoms with E-state index in [0.717, 1.165) is 0 Å². The van der Waals surface area contributed by atoms with Gasteiger partial charge in [-0.3, -0.25) is 5.32 Å². The number of carbonyl (C=O) groups excluding carboxylic acids is 1. The van der Waals surface area contributed by atoms with Crippen molar-refractivity contribution in [1.82, 2.24) is 25.6 Å². The summed E-state index contributed by atoms with van der Waals surface area (Å²) in [6.07, 6.45) is 5.03. The summed E-state index contributed by atoms with van der Waals surface area (Å²) < 4.78 is 1.50. The lowest BCUT2D eigenvalue weighted by atomic mass is 10.4. The van der Waals surface area contributed by atoms with Crippen molar-refractivity contribution in [2.75, 3.05) is 6.54 Å². The highest BCUT2D eigenvalue weighted by atomic mass is 16.2. The topological polar surface area (TPSA) is 71.8 Å². The zero-order valence-corrected chi connectivity index (χ0v) is 6.19. The molecule has 1 aliphatic heterocycles. The molecule has 6 nitrogen and oxygen atoms in total. The second-order valence-electron chi connectivity index (χ2n) is 2.27. The molecule has 2 N–H and O–H groups in total. The summed E-state index contributed by atoms with van der Waals surface area (Å²) in [6, 6.07) is -0.219. The van der Waals surface area contributed by atoms with Crippen LogP contribution in [0.1, 0.15) is 0 Å². The number of nitrogens with one attached hydrogen (secondary N) is 2. The minimum absolute atomic E-state index is 0.219. The fourth-order valence-electron chi connectivity index (χ4n) is 0.939. The summed E-state index contributed by atoms with van der Waals surface area (Å²) in [5.41, 5.74) is 0. The first-order valence-corrected chi connectivity index (χ1v) is 3.48. The van der Waals surface area contributed by atoms with Gasteiger partial charge in [-0.2, -0.15) is 0 Å². The Balaban J connectivity index is 2.24. The van der Waals surface area contributed by atoms with Crippen LogP contribution in [0.3, 0.4) is 0 Å². The number of hydrogen-bond acceptors (Lipinski definition) is 3. The molecule has 62 valence electrons. The van der Waals surface area contributed by atoms with Crippen molar-refractivity contribution < 1.29 is 4.79 Å². The predicted octanol–water partition coefficient (Wildman–Crippen LogP) is -0.611. The number of hydrogen-bond donors (Lipinski definition) is 2. The zero-order chi connectivity index (χ0) is 8.39. The largest absolute Gasteiger partial charge is 0.334 e. The third kappa shape index (κ3) is 1.14. The van der Waals surface area contributed by atoms with E-state index in [2.05, 4.69) is 20.9 Å². The first kappa shape index (κ1) is 6.84. The van der Waals surface area contributed by atoms with Crippen molar-refractivity contribution in [2.45, 2.75) is 0 Å². The molecule has 0 spiro atoms. The molecule has 0 saturated carbocycles. The molecule has 1 aromatic rings. The van der Waals surface area contributed by atoms with E-state index in [9.17, 15) is 4.79 Å². The number of urea groups is 1. The van der Waals surface area contributed by atoms with Crippen molar-refractivity contribution in [3.8, 4) is 0 Å². The molecule has 0 radical (unpaired) electrons. The SMILES string of the molecule is O=C1NCC=C(n2ccnn2)N1. The highest BCUT2D eigenvalue weighted by Gasteiger charge is 2.09. The van der Waals surface area contributed by atoms with E-state index in [1.807, 2.05) is 6.08 Å². The summed E-state index contributed by atoms with van der Waals surface area (Å²) in [5, 5.41) is 12.5. The van der Waals surface area contributed by atoms with Crippen LogP contribution >= 0.6 is 0 Å². The molecular weight excluding hydrogens is 158 g/mol. The summed E-state index contributed by atoms with van der Waals surface area (Å²) >= 11 is 0. The highest BCUT2D eigenvalue weighted by Crippen LogP contribution is 1.98. The van der Waals surface area contributed by atoms with Gasteiger partial charge < -0.3 is 5.32 Å². The van der Waals surface area contributed by atoms with Crippen molar-refractivity contribution >= 4 is 11.9 Å². The Hall–Kier alpha value is -1.85. The molecule has 2 rings (SSSR count). The molecule has 6 heteroatoms. The molecule has 1 aromatic heterocycles. The van der Waals surface area contributed by atoms with E-state index in [4.69, 9.17) is 0 Å². The maximum atomic E-state index is 10.8. The van der Waals surface area contributed by atoms with Crippen LogP contribution in [-0.4, -0.2) is 27.6 Å². The Bertz CT molecular complexity index is 315. The quantitative estimate of drug-likeness (QED) is 0.583. The predicted molar refractivity (Wildman–Crippen MR) is 40.8 cm³/mol. The van der Waals surface area contributed by atoms with Crippen molar-refractivity contribution in [3.63, 3.8) is 0 Å². The van der Waals surface area contributed by atoms with Gasteiger partial charge in [0.15, 0.2) is 0 Å². The van der Waals surface area contributed by atoms with E-state index in [1.165, 1.54) is 4.68 Å². The van der Waals surface area contributed by atoms with Crippen LogP contribution in [-0.2, 0) is 0 Å². The third-order valence-corrected chi connectivity index (χ3v) is 1.47. The maximum absolute atomic E-state index is 10.8. The van der Waals surface area contributed by atoms with Gasteiger partial charge >= 0.3 is 6.03 Å². The zero-order valence-electron chi connectivity index (χ0n) is 6.19. The van der Waals surface area contributed by atoms with E-state index in [0.29, 0.717) is 12.4 Å². The Morgan fingerprint density at radius 2 is 2.50 bits per heavy atom. The first-order valence-electron chi connectivity index (χ1n) is 3.48. The lowest BCUT2D eigenvalue weighted by molar-refractivity contribution is 0.244. The molecule has 0 bridgehead atoms. The van der Waals surface area contributed by atoms with Gasteiger partial charge in [0.25, 0.3) is 0 Å². The van der Waals surface area contributed by atoms with Crippen molar-refractivity contribution in [3.05, 3.63) is 18.5 Å². The molecule has 0 aliphatic carbocycles. The van der Waals surface area contributed by atoms with Crippen LogP contribution in [0.25, 0.3) is 5.82 Å². The average Bonchev–Trinajstić information content (AvgIpc) is 2.56. The standard InChI is InChI=1S/C6H7N5O/c12-6-7-2-1-5(9-6)11-4-3-8-10-11/h1,3-4H,2H2,(H2,7,9,12). The second-order valence-corrected chi connectivity index (χ2v) is 2.27. The van der Waals surface area contributed by atoms with Gasteiger partial charge in [-0.15, -0.1) is 5.10 Å². The van der Waals surface area contributed by atoms with E-state index < -0.39 is 0 Å². The Morgan fingerprint density at radius 3 is 3.17 bits per heavy atom.